The van der Waals surface area contributed by atoms with E-state index >= 15 is 0 Å². The molecule has 0 spiro atoms. The second-order valence-corrected chi connectivity index (χ2v) is 6.88. The number of nitrogens with two attached hydrogens (primary N) is 1. The molecule has 9 nitrogen and oxygen atoms in total. The molecule has 1 saturated heterocycles. The number of halogens is 1. The molecule has 5 N–H and O–H groups in total. The number of nitrogens with zero attached hydrogens (tertiary/aromatic N) is 4. The fourth-order valence-electron chi connectivity index (χ4n) is 3.47. The molecule has 1 amide bonds. The smallest absolute Gasteiger partial charge is 0.407 e. The first-order valence-electron chi connectivity index (χ1n) is 8.98. The molecule has 28 heavy (non-hydrogen) atoms. The van der Waals surface area contributed by atoms with Crippen molar-refractivity contribution in [3.8, 4) is 11.4 Å². The normalized spacial score (nSPS) is 17.0. The van der Waals surface area contributed by atoms with Crippen molar-refractivity contribution < 1.29 is 14.3 Å². The summed E-state index contributed by atoms with van der Waals surface area (Å²) in [6.45, 7) is 1.39. The maximum Gasteiger partial charge on any atom is 0.407 e. The fraction of sp³-hybridized carbons (Fsp3) is 0.333. The Kier molecular flexibility index (Phi) is 4.68. The summed E-state index contributed by atoms with van der Waals surface area (Å²) in [5, 5.41) is 12.9. The van der Waals surface area contributed by atoms with Crippen LogP contribution in [0.5, 0.6) is 0 Å². The molecule has 3 aromatic heterocycles. The van der Waals surface area contributed by atoms with Gasteiger partial charge in [0.2, 0.25) is 0 Å². The highest BCUT2D eigenvalue weighted by molar-refractivity contribution is 5.93. The minimum atomic E-state index is -0.924. The summed E-state index contributed by atoms with van der Waals surface area (Å²) in [7, 11) is 0. The summed E-state index contributed by atoms with van der Waals surface area (Å²) in [6, 6.07) is 1.76. The number of fused-ring (bicyclic) bond motifs is 1. The minimum Gasteiger partial charge on any atom is -0.465 e. The van der Waals surface area contributed by atoms with E-state index in [4.69, 9.17) is 10.8 Å². The Morgan fingerprint density at radius 2 is 2.29 bits per heavy atom. The van der Waals surface area contributed by atoms with Gasteiger partial charge in [0.15, 0.2) is 17.5 Å². The Labute approximate surface area is 159 Å². The molecule has 1 aliphatic heterocycles. The second kappa shape index (κ2) is 7.29. The molecule has 1 aliphatic rings. The van der Waals surface area contributed by atoms with Crippen molar-refractivity contribution in [2.24, 2.45) is 5.92 Å². The average Bonchev–Trinajstić information content (AvgIpc) is 3.10. The van der Waals surface area contributed by atoms with E-state index in [9.17, 15) is 9.18 Å². The molecule has 0 aromatic carbocycles. The first kappa shape index (κ1) is 18.0. The summed E-state index contributed by atoms with van der Waals surface area (Å²) in [5.74, 6) is -0.0334. The molecule has 3 aromatic rings. The number of amides is 1. The van der Waals surface area contributed by atoms with E-state index in [1.165, 1.54) is 4.90 Å². The van der Waals surface area contributed by atoms with Crippen LogP contribution in [0.2, 0.25) is 0 Å². The number of hydrogen-bond donors (Lipinski definition) is 4. The number of carboxylic acid groups (broad SMARTS) is 1. The van der Waals surface area contributed by atoms with Crippen molar-refractivity contribution in [3.63, 3.8) is 0 Å². The Morgan fingerprint density at radius 3 is 3.11 bits per heavy atom. The zero-order valence-corrected chi connectivity index (χ0v) is 15.0. The van der Waals surface area contributed by atoms with E-state index in [1.54, 1.807) is 18.5 Å². The number of anilines is 2. The number of aromatic amines is 1. The van der Waals surface area contributed by atoms with Crippen molar-refractivity contribution in [2.75, 3.05) is 30.7 Å². The van der Waals surface area contributed by atoms with Gasteiger partial charge in [-0.2, -0.15) is 0 Å². The average molecular weight is 385 g/mol. The van der Waals surface area contributed by atoms with Gasteiger partial charge in [0, 0.05) is 36.8 Å². The lowest BCUT2D eigenvalue weighted by Gasteiger charge is -2.30. The SMILES string of the molecule is Nc1cnc2[nH]cc(-c3ncc(F)c(NC[C@H]4CCCN(C(=O)O)C4)n3)c2c1. The summed E-state index contributed by atoms with van der Waals surface area (Å²) < 4.78 is 14.2. The molecule has 10 heteroatoms. The molecule has 0 bridgehead atoms. The van der Waals surface area contributed by atoms with Gasteiger partial charge in [-0.25, -0.2) is 24.1 Å². The number of nitrogen functional groups attached to an aromatic ring is 1. The Balaban J connectivity index is 1.54. The van der Waals surface area contributed by atoms with Gasteiger partial charge < -0.3 is 26.0 Å². The summed E-state index contributed by atoms with van der Waals surface area (Å²) >= 11 is 0. The van der Waals surface area contributed by atoms with Crippen molar-refractivity contribution >= 4 is 28.6 Å². The summed E-state index contributed by atoms with van der Waals surface area (Å²) in [4.78, 5) is 28.2. The standard InChI is InChI=1S/C18H20FN7O2/c19-14-8-24-16(13-7-23-15-12(13)4-11(20)6-22-15)25-17(14)21-5-10-2-1-3-26(9-10)18(27)28/h4,6-8,10H,1-3,5,9,20H2,(H,22,23)(H,27,28)(H,21,24,25)/t10-/m1/s1. The van der Waals surface area contributed by atoms with Gasteiger partial charge in [-0.1, -0.05) is 0 Å². The number of H-pyrrole nitrogens is 1. The third-order valence-corrected chi connectivity index (χ3v) is 4.88. The molecule has 0 radical (unpaired) electrons. The van der Waals surface area contributed by atoms with Crippen molar-refractivity contribution in [1.82, 2.24) is 24.8 Å². The molecule has 0 unspecified atom stereocenters. The van der Waals surface area contributed by atoms with Crippen LogP contribution in [0.25, 0.3) is 22.4 Å². The van der Waals surface area contributed by atoms with Gasteiger partial charge in [-0.3, -0.25) is 0 Å². The van der Waals surface area contributed by atoms with Gasteiger partial charge in [0.05, 0.1) is 18.1 Å². The first-order chi connectivity index (χ1) is 13.5. The maximum absolute atomic E-state index is 14.2. The Morgan fingerprint density at radius 1 is 1.43 bits per heavy atom. The van der Waals surface area contributed by atoms with Gasteiger partial charge in [0.1, 0.15) is 5.65 Å². The quantitative estimate of drug-likeness (QED) is 0.542. The van der Waals surface area contributed by atoms with Gasteiger partial charge in [-0.05, 0) is 24.8 Å². The van der Waals surface area contributed by atoms with Gasteiger partial charge in [-0.15, -0.1) is 0 Å². The zero-order chi connectivity index (χ0) is 19.7. The lowest BCUT2D eigenvalue weighted by atomic mass is 9.98. The molecule has 4 heterocycles. The lowest BCUT2D eigenvalue weighted by Crippen LogP contribution is -2.41. The molecule has 146 valence electrons. The summed E-state index contributed by atoms with van der Waals surface area (Å²) in [6.07, 6.45) is 5.12. The van der Waals surface area contributed by atoms with Crippen molar-refractivity contribution in [1.29, 1.82) is 0 Å². The molecular weight excluding hydrogens is 365 g/mol. The molecule has 0 aliphatic carbocycles. The highest BCUT2D eigenvalue weighted by atomic mass is 19.1. The Bertz CT molecular complexity index is 1020. The maximum atomic E-state index is 14.2. The van der Waals surface area contributed by atoms with E-state index in [1.807, 2.05) is 0 Å². The van der Waals surface area contributed by atoms with Crippen LogP contribution in [0, 0.1) is 11.7 Å². The van der Waals surface area contributed by atoms with E-state index in [2.05, 4.69) is 25.3 Å². The number of aromatic nitrogens is 4. The molecule has 0 saturated carbocycles. The van der Waals surface area contributed by atoms with Crippen LogP contribution >= 0.6 is 0 Å². The van der Waals surface area contributed by atoms with Crippen LogP contribution in [-0.4, -0.2) is 55.7 Å². The van der Waals surface area contributed by atoms with Crippen LogP contribution < -0.4 is 11.1 Å². The highest BCUT2D eigenvalue weighted by Gasteiger charge is 2.23. The van der Waals surface area contributed by atoms with E-state index in [0.29, 0.717) is 42.4 Å². The molecule has 1 fully saturated rings. The summed E-state index contributed by atoms with van der Waals surface area (Å²) in [5.41, 5.74) is 7.63. The van der Waals surface area contributed by atoms with Crippen LogP contribution in [0.1, 0.15) is 12.8 Å². The van der Waals surface area contributed by atoms with Crippen LogP contribution in [-0.2, 0) is 0 Å². The topological polar surface area (TPSA) is 133 Å². The number of piperidine rings is 1. The van der Waals surface area contributed by atoms with Crippen LogP contribution in [0.4, 0.5) is 20.7 Å². The predicted molar refractivity (Wildman–Crippen MR) is 102 cm³/mol. The predicted octanol–water partition coefficient (Wildman–Crippen LogP) is 2.54. The van der Waals surface area contributed by atoms with Crippen molar-refractivity contribution in [3.05, 3.63) is 30.5 Å². The molecular formula is C18H20FN7O2. The number of likely N-dealkylation sites (tertiary alicyclic amines) is 1. The van der Waals surface area contributed by atoms with Crippen molar-refractivity contribution in [2.45, 2.75) is 12.8 Å². The first-order valence-corrected chi connectivity index (χ1v) is 8.98. The third kappa shape index (κ3) is 3.53. The minimum absolute atomic E-state index is 0.0867. The van der Waals surface area contributed by atoms with E-state index < -0.39 is 11.9 Å². The number of nitrogens with one attached hydrogen (secondary N) is 2. The fourth-order valence-corrected chi connectivity index (χ4v) is 3.47. The number of pyridine rings is 1. The van der Waals surface area contributed by atoms with Gasteiger partial charge in [0.25, 0.3) is 0 Å². The third-order valence-electron chi connectivity index (χ3n) is 4.88. The lowest BCUT2D eigenvalue weighted by molar-refractivity contribution is 0.122. The van der Waals surface area contributed by atoms with Crippen LogP contribution in [0.15, 0.2) is 24.7 Å². The second-order valence-electron chi connectivity index (χ2n) is 6.88. The van der Waals surface area contributed by atoms with E-state index in [0.717, 1.165) is 24.4 Å². The molecule has 4 rings (SSSR count). The van der Waals surface area contributed by atoms with E-state index in [-0.39, 0.29) is 11.7 Å². The molecule has 1 atom stereocenters. The van der Waals surface area contributed by atoms with Crippen LogP contribution in [0.3, 0.4) is 0 Å². The zero-order valence-electron chi connectivity index (χ0n) is 15.0. The number of hydrogen-bond acceptors (Lipinski definition) is 6. The van der Waals surface area contributed by atoms with Gasteiger partial charge >= 0.3 is 6.09 Å². The monoisotopic (exact) mass is 385 g/mol. The highest BCUT2D eigenvalue weighted by Crippen LogP contribution is 2.27. The number of carbonyl (C=O) groups is 1. The largest absolute Gasteiger partial charge is 0.465 e. The number of rotatable bonds is 4. The Hall–Kier alpha value is -3.43.